The van der Waals surface area contributed by atoms with Gasteiger partial charge in [-0.05, 0) is 30.6 Å². The van der Waals surface area contributed by atoms with Crippen LogP contribution in [-0.2, 0) is 9.59 Å². The van der Waals surface area contributed by atoms with E-state index in [1.165, 1.54) is 0 Å². The minimum atomic E-state index is -0.714. The molecule has 3 atom stereocenters. The molecule has 0 saturated heterocycles. The van der Waals surface area contributed by atoms with Crippen LogP contribution in [0.4, 0.5) is 0 Å². The van der Waals surface area contributed by atoms with Crippen molar-refractivity contribution in [2.75, 3.05) is 6.54 Å². The van der Waals surface area contributed by atoms with Crippen LogP contribution in [0, 0.1) is 23.2 Å². The Morgan fingerprint density at radius 1 is 1.35 bits per heavy atom. The standard InChI is InChI=1S/C13H21NO3/c1-13(2)6-10(13)11(15)14-7-8-4-3-5-9(8)12(16)17/h8-10H,3-7H2,1-2H3,(H,14,15)(H,16,17). The average molecular weight is 239 g/mol. The van der Waals surface area contributed by atoms with E-state index in [2.05, 4.69) is 19.2 Å². The number of amides is 1. The van der Waals surface area contributed by atoms with Gasteiger partial charge < -0.3 is 10.4 Å². The van der Waals surface area contributed by atoms with E-state index in [-0.39, 0.29) is 29.1 Å². The molecule has 2 rings (SSSR count). The lowest BCUT2D eigenvalue weighted by molar-refractivity contribution is -0.143. The topological polar surface area (TPSA) is 66.4 Å². The largest absolute Gasteiger partial charge is 0.481 e. The van der Waals surface area contributed by atoms with Gasteiger partial charge in [0.1, 0.15) is 0 Å². The van der Waals surface area contributed by atoms with Gasteiger partial charge in [0.25, 0.3) is 0 Å². The molecule has 4 heteroatoms. The van der Waals surface area contributed by atoms with Crippen molar-refractivity contribution in [3.63, 3.8) is 0 Å². The Labute approximate surface area is 102 Å². The predicted molar refractivity (Wildman–Crippen MR) is 63.4 cm³/mol. The normalized spacial score (nSPS) is 34.4. The first-order valence-corrected chi connectivity index (χ1v) is 6.42. The zero-order valence-corrected chi connectivity index (χ0v) is 10.5. The summed E-state index contributed by atoms with van der Waals surface area (Å²) in [6, 6.07) is 0. The van der Waals surface area contributed by atoms with E-state index in [1.54, 1.807) is 0 Å². The first-order valence-electron chi connectivity index (χ1n) is 6.42. The molecule has 1 amide bonds. The van der Waals surface area contributed by atoms with Crippen LogP contribution in [0.1, 0.15) is 39.5 Å². The highest BCUT2D eigenvalue weighted by atomic mass is 16.4. The molecule has 0 aliphatic heterocycles. The van der Waals surface area contributed by atoms with Crippen molar-refractivity contribution in [1.29, 1.82) is 0 Å². The smallest absolute Gasteiger partial charge is 0.306 e. The van der Waals surface area contributed by atoms with Gasteiger partial charge >= 0.3 is 5.97 Å². The number of rotatable bonds is 4. The fourth-order valence-corrected chi connectivity index (χ4v) is 2.88. The van der Waals surface area contributed by atoms with Gasteiger partial charge in [0.15, 0.2) is 0 Å². The van der Waals surface area contributed by atoms with Gasteiger partial charge in [-0.3, -0.25) is 9.59 Å². The maximum Gasteiger partial charge on any atom is 0.306 e. The van der Waals surface area contributed by atoms with Crippen LogP contribution in [0.5, 0.6) is 0 Å². The summed E-state index contributed by atoms with van der Waals surface area (Å²) in [5.74, 6) is -0.618. The summed E-state index contributed by atoms with van der Waals surface area (Å²) in [6.07, 6.45) is 3.59. The van der Waals surface area contributed by atoms with Crippen molar-refractivity contribution in [3.05, 3.63) is 0 Å². The summed E-state index contributed by atoms with van der Waals surface area (Å²) in [7, 11) is 0. The molecular weight excluding hydrogens is 218 g/mol. The summed E-state index contributed by atoms with van der Waals surface area (Å²) in [4.78, 5) is 22.8. The SMILES string of the molecule is CC1(C)CC1C(=O)NCC1CCCC1C(=O)O. The number of carbonyl (C=O) groups is 2. The van der Waals surface area contributed by atoms with E-state index in [4.69, 9.17) is 5.11 Å². The Kier molecular flexibility index (Phi) is 3.15. The van der Waals surface area contributed by atoms with Crippen LogP contribution in [0.25, 0.3) is 0 Å². The molecule has 3 unspecified atom stereocenters. The second-order valence-corrected chi connectivity index (χ2v) is 6.13. The second kappa shape index (κ2) is 4.31. The number of aliphatic carboxylic acids is 1. The van der Waals surface area contributed by atoms with Crippen LogP contribution in [0.15, 0.2) is 0 Å². The Morgan fingerprint density at radius 3 is 2.53 bits per heavy atom. The number of nitrogens with one attached hydrogen (secondary N) is 1. The fraction of sp³-hybridized carbons (Fsp3) is 0.846. The van der Waals surface area contributed by atoms with Crippen molar-refractivity contribution >= 4 is 11.9 Å². The molecule has 0 aromatic rings. The lowest BCUT2D eigenvalue weighted by atomic mass is 9.96. The molecule has 17 heavy (non-hydrogen) atoms. The van der Waals surface area contributed by atoms with E-state index in [0.29, 0.717) is 6.54 Å². The minimum absolute atomic E-state index is 0.103. The highest BCUT2D eigenvalue weighted by molar-refractivity contribution is 5.82. The van der Waals surface area contributed by atoms with Crippen LogP contribution in [0.2, 0.25) is 0 Å². The van der Waals surface area contributed by atoms with E-state index in [0.717, 1.165) is 25.7 Å². The Balaban J connectivity index is 1.78. The van der Waals surface area contributed by atoms with Crippen LogP contribution in [-0.4, -0.2) is 23.5 Å². The first-order chi connectivity index (χ1) is 7.92. The molecule has 2 fully saturated rings. The van der Waals surface area contributed by atoms with E-state index in [9.17, 15) is 9.59 Å². The fourth-order valence-electron chi connectivity index (χ4n) is 2.88. The summed E-state index contributed by atoms with van der Waals surface area (Å²) in [5, 5.41) is 12.0. The van der Waals surface area contributed by atoms with Crippen molar-refractivity contribution in [2.45, 2.75) is 39.5 Å². The molecule has 96 valence electrons. The summed E-state index contributed by atoms with van der Waals surface area (Å²) in [5.41, 5.74) is 0.145. The number of carbonyl (C=O) groups excluding carboxylic acids is 1. The quantitative estimate of drug-likeness (QED) is 0.784. The summed E-state index contributed by atoms with van der Waals surface area (Å²) < 4.78 is 0. The molecule has 0 spiro atoms. The average Bonchev–Trinajstić information content (AvgIpc) is 2.71. The summed E-state index contributed by atoms with van der Waals surface area (Å²) >= 11 is 0. The highest BCUT2D eigenvalue weighted by Gasteiger charge is 2.50. The zero-order valence-electron chi connectivity index (χ0n) is 10.5. The van der Waals surface area contributed by atoms with Crippen molar-refractivity contribution in [3.8, 4) is 0 Å². The summed E-state index contributed by atoms with van der Waals surface area (Å²) in [6.45, 7) is 4.71. The molecule has 0 aromatic heterocycles. The first kappa shape index (κ1) is 12.4. The van der Waals surface area contributed by atoms with E-state index in [1.807, 2.05) is 0 Å². The lowest BCUT2D eigenvalue weighted by Crippen LogP contribution is -2.34. The minimum Gasteiger partial charge on any atom is -0.481 e. The Morgan fingerprint density at radius 2 is 2.00 bits per heavy atom. The number of hydrogen-bond acceptors (Lipinski definition) is 2. The maximum atomic E-state index is 11.8. The third kappa shape index (κ3) is 2.61. The molecule has 2 aliphatic carbocycles. The molecular formula is C13H21NO3. The van der Waals surface area contributed by atoms with Gasteiger partial charge in [0.05, 0.1) is 5.92 Å². The third-order valence-corrected chi connectivity index (χ3v) is 4.34. The molecule has 2 saturated carbocycles. The van der Waals surface area contributed by atoms with Crippen LogP contribution in [0.3, 0.4) is 0 Å². The highest BCUT2D eigenvalue weighted by Crippen LogP contribution is 2.51. The van der Waals surface area contributed by atoms with Gasteiger partial charge in [0, 0.05) is 12.5 Å². The van der Waals surface area contributed by atoms with E-state index < -0.39 is 5.97 Å². The van der Waals surface area contributed by atoms with Gasteiger partial charge in [0.2, 0.25) is 5.91 Å². The predicted octanol–water partition coefficient (Wildman–Crippen LogP) is 1.65. The Hall–Kier alpha value is -1.06. The second-order valence-electron chi connectivity index (χ2n) is 6.13. The number of carboxylic acid groups (broad SMARTS) is 1. The van der Waals surface area contributed by atoms with Crippen molar-refractivity contribution in [1.82, 2.24) is 5.32 Å². The van der Waals surface area contributed by atoms with Crippen molar-refractivity contribution in [2.24, 2.45) is 23.2 Å². The molecule has 0 aromatic carbocycles. The third-order valence-electron chi connectivity index (χ3n) is 4.34. The Bertz CT molecular complexity index is 338. The van der Waals surface area contributed by atoms with Gasteiger partial charge in [-0.1, -0.05) is 20.3 Å². The van der Waals surface area contributed by atoms with Crippen LogP contribution >= 0.6 is 0 Å². The molecule has 2 N–H and O–H groups in total. The van der Waals surface area contributed by atoms with Gasteiger partial charge in [-0.25, -0.2) is 0 Å². The zero-order chi connectivity index (χ0) is 12.6. The molecule has 0 heterocycles. The molecule has 0 bridgehead atoms. The van der Waals surface area contributed by atoms with E-state index >= 15 is 0 Å². The van der Waals surface area contributed by atoms with Gasteiger partial charge in [-0.2, -0.15) is 0 Å². The van der Waals surface area contributed by atoms with Crippen LogP contribution < -0.4 is 5.32 Å². The lowest BCUT2D eigenvalue weighted by Gasteiger charge is -2.16. The molecule has 2 aliphatic rings. The van der Waals surface area contributed by atoms with Gasteiger partial charge in [-0.15, -0.1) is 0 Å². The number of hydrogen-bond donors (Lipinski definition) is 2. The monoisotopic (exact) mass is 239 g/mol. The number of carboxylic acids is 1. The molecule has 4 nitrogen and oxygen atoms in total. The van der Waals surface area contributed by atoms with Crippen molar-refractivity contribution < 1.29 is 14.7 Å². The maximum absolute atomic E-state index is 11.8. The molecule has 0 radical (unpaired) electrons.